The molecular formula is C35H48N4O7. The van der Waals surface area contributed by atoms with E-state index in [0.717, 1.165) is 37.7 Å². The van der Waals surface area contributed by atoms with Crippen molar-refractivity contribution in [3.63, 3.8) is 0 Å². The highest BCUT2D eigenvalue weighted by atomic mass is 16.5. The van der Waals surface area contributed by atoms with Crippen LogP contribution in [0.15, 0.2) is 49.6 Å². The van der Waals surface area contributed by atoms with Gasteiger partial charge in [-0.15, -0.1) is 13.2 Å². The number of carbonyl (C=O) groups excluding carboxylic acids is 5. The normalized spacial score (nSPS) is 24.6. The van der Waals surface area contributed by atoms with Crippen molar-refractivity contribution < 1.29 is 33.4 Å². The average Bonchev–Trinajstić information content (AvgIpc) is 3.44. The monoisotopic (exact) mass is 636 g/mol. The van der Waals surface area contributed by atoms with Gasteiger partial charge in [0.15, 0.2) is 0 Å². The van der Waals surface area contributed by atoms with E-state index in [4.69, 9.17) is 9.47 Å². The van der Waals surface area contributed by atoms with Crippen LogP contribution < -0.4 is 20.7 Å². The number of fused-ring (bicyclic) bond motifs is 4. The van der Waals surface area contributed by atoms with Crippen LogP contribution in [0.1, 0.15) is 70.8 Å². The molecule has 11 heteroatoms. The number of rotatable bonds is 9. The number of hydrogen-bond donors (Lipinski definition) is 3. The maximum atomic E-state index is 14.5. The van der Waals surface area contributed by atoms with Gasteiger partial charge in [-0.25, -0.2) is 0 Å². The van der Waals surface area contributed by atoms with E-state index in [-0.39, 0.29) is 50.1 Å². The second kappa shape index (κ2) is 16.0. The minimum Gasteiger partial charge on any atom is -0.493 e. The van der Waals surface area contributed by atoms with E-state index >= 15 is 0 Å². The van der Waals surface area contributed by atoms with Crippen molar-refractivity contribution in [3.8, 4) is 5.75 Å². The average molecular weight is 637 g/mol. The molecule has 1 saturated heterocycles. The van der Waals surface area contributed by atoms with E-state index in [0.29, 0.717) is 18.8 Å². The fourth-order valence-corrected chi connectivity index (χ4v) is 6.56. The van der Waals surface area contributed by atoms with Crippen molar-refractivity contribution in [1.29, 1.82) is 0 Å². The lowest BCUT2D eigenvalue weighted by Gasteiger charge is -2.35. The van der Waals surface area contributed by atoms with Crippen LogP contribution in [0.4, 0.5) is 0 Å². The predicted molar refractivity (Wildman–Crippen MR) is 173 cm³/mol. The molecule has 3 aliphatic rings. The molecule has 46 heavy (non-hydrogen) atoms. The van der Waals surface area contributed by atoms with Crippen LogP contribution in [0, 0.1) is 5.92 Å². The number of ether oxygens (including phenoxy) is 2. The Labute approximate surface area is 271 Å². The first-order valence-electron chi connectivity index (χ1n) is 16.3. The third-order valence-electron chi connectivity index (χ3n) is 8.94. The van der Waals surface area contributed by atoms with Gasteiger partial charge >= 0.3 is 0 Å². The number of nitrogens with one attached hydrogen (secondary N) is 3. The standard InChI is InChI=1S/C35H48N4O7/c1-5-11-27(31(41)33(43)36-17-6-2)37-32(42)28-21-26-22-39(28)34(44)30(24-13-8-7-9-14-24)38-29(40)20-23-12-10-15-25(19-23)45-18-16-35(3,4)46-26/h5-6,10,12,15,19,24,26-28,30H,1-2,7-9,11,13-14,16-18,20-22H2,3-4H3,(H,36,43)(H,37,42)(H,38,40)/t26-,27?,28+,30+/m1/s1. The van der Waals surface area contributed by atoms with E-state index in [1.54, 1.807) is 0 Å². The van der Waals surface area contributed by atoms with Gasteiger partial charge in [-0.05, 0) is 56.7 Å². The van der Waals surface area contributed by atoms with Crippen molar-refractivity contribution >= 4 is 29.4 Å². The molecule has 1 aliphatic carbocycles. The van der Waals surface area contributed by atoms with E-state index in [1.165, 1.54) is 17.1 Å². The summed E-state index contributed by atoms with van der Waals surface area (Å²) in [7, 11) is 0. The second-order valence-electron chi connectivity index (χ2n) is 13.1. The summed E-state index contributed by atoms with van der Waals surface area (Å²) >= 11 is 0. The number of amides is 4. The lowest BCUT2D eigenvalue weighted by atomic mass is 9.83. The van der Waals surface area contributed by atoms with Gasteiger partial charge in [0.25, 0.3) is 5.91 Å². The third-order valence-corrected chi connectivity index (χ3v) is 8.94. The van der Waals surface area contributed by atoms with Crippen LogP contribution in [0.25, 0.3) is 0 Å². The zero-order valence-corrected chi connectivity index (χ0v) is 27.1. The smallest absolute Gasteiger partial charge is 0.289 e. The molecule has 1 aromatic carbocycles. The summed E-state index contributed by atoms with van der Waals surface area (Å²) in [5, 5.41) is 8.19. The molecule has 1 aromatic rings. The Morgan fingerprint density at radius 1 is 1.13 bits per heavy atom. The van der Waals surface area contributed by atoms with Gasteiger partial charge in [0, 0.05) is 25.9 Å². The Morgan fingerprint density at radius 2 is 1.89 bits per heavy atom. The molecule has 4 atom stereocenters. The van der Waals surface area contributed by atoms with E-state index in [1.807, 2.05) is 38.1 Å². The summed E-state index contributed by atoms with van der Waals surface area (Å²) in [6, 6.07) is 4.42. The van der Waals surface area contributed by atoms with Crippen LogP contribution in [-0.4, -0.2) is 83.8 Å². The summed E-state index contributed by atoms with van der Waals surface area (Å²) in [6.07, 6.45) is 7.79. The molecule has 0 aromatic heterocycles. The summed E-state index contributed by atoms with van der Waals surface area (Å²) in [5.41, 5.74) is 0.127. The highest BCUT2D eigenvalue weighted by molar-refractivity contribution is 6.38. The molecule has 0 radical (unpaired) electrons. The van der Waals surface area contributed by atoms with Gasteiger partial charge in [-0.2, -0.15) is 0 Å². The summed E-state index contributed by atoms with van der Waals surface area (Å²) in [4.78, 5) is 68.7. The first-order valence-corrected chi connectivity index (χ1v) is 16.3. The van der Waals surface area contributed by atoms with Gasteiger partial charge < -0.3 is 30.3 Å². The van der Waals surface area contributed by atoms with Gasteiger partial charge in [0.05, 0.1) is 24.7 Å². The fourth-order valence-electron chi connectivity index (χ4n) is 6.56. The molecule has 2 heterocycles. The van der Waals surface area contributed by atoms with Crippen molar-refractivity contribution in [2.75, 3.05) is 19.7 Å². The first kappa shape index (κ1) is 34.9. The quantitative estimate of drug-likeness (QED) is 0.280. The topological polar surface area (TPSA) is 143 Å². The molecule has 3 N–H and O–H groups in total. The van der Waals surface area contributed by atoms with E-state index in [2.05, 4.69) is 29.1 Å². The van der Waals surface area contributed by atoms with Crippen LogP contribution >= 0.6 is 0 Å². The summed E-state index contributed by atoms with van der Waals surface area (Å²) < 4.78 is 12.5. The van der Waals surface area contributed by atoms with Crippen LogP contribution in [-0.2, 0) is 35.1 Å². The van der Waals surface area contributed by atoms with E-state index in [9.17, 15) is 24.0 Å². The second-order valence-corrected chi connectivity index (χ2v) is 13.1. The molecule has 4 rings (SSSR count). The Hall–Kier alpha value is -3.99. The number of nitrogens with zero attached hydrogens (tertiary/aromatic N) is 1. The number of carbonyl (C=O) groups is 5. The highest BCUT2D eigenvalue weighted by Gasteiger charge is 2.46. The minimum atomic E-state index is -1.16. The third kappa shape index (κ3) is 9.28. The Kier molecular flexibility index (Phi) is 12.1. The zero-order valence-electron chi connectivity index (χ0n) is 27.1. The van der Waals surface area contributed by atoms with Crippen molar-refractivity contribution in [1.82, 2.24) is 20.9 Å². The SMILES string of the molecule is C=CCNC(=O)C(=O)C(CC=C)NC(=O)[C@@H]1C[C@@H]2CN1C(=O)[C@H](C1CCCCC1)NC(=O)Cc1cccc(c1)OCCC(C)(C)O2. The van der Waals surface area contributed by atoms with Gasteiger partial charge in [0.2, 0.25) is 23.5 Å². The number of hydrogen-bond acceptors (Lipinski definition) is 7. The van der Waals surface area contributed by atoms with E-state index < -0.39 is 47.4 Å². The highest BCUT2D eigenvalue weighted by Crippen LogP contribution is 2.32. The molecule has 1 unspecified atom stereocenters. The Morgan fingerprint density at radius 3 is 2.61 bits per heavy atom. The summed E-state index contributed by atoms with van der Waals surface area (Å²) in [6.45, 7) is 11.7. The van der Waals surface area contributed by atoms with Gasteiger partial charge in [0.1, 0.15) is 23.9 Å². The molecular weight excluding hydrogens is 588 g/mol. The summed E-state index contributed by atoms with van der Waals surface area (Å²) in [5.74, 6) is -2.30. The number of ketones is 1. The zero-order chi connectivity index (χ0) is 33.3. The molecule has 4 bridgehead atoms. The molecule has 1 saturated carbocycles. The van der Waals surface area contributed by atoms with Crippen molar-refractivity contribution in [2.45, 2.75) is 101 Å². The molecule has 4 amide bonds. The van der Waals surface area contributed by atoms with Crippen LogP contribution in [0.2, 0.25) is 0 Å². The molecule has 2 aliphatic heterocycles. The lowest BCUT2D eigenvalue weighted by Crippen LogP contribution is -2.58. The molecule has 250 valence electrons. The van der Waals surface area contributed by atoms with Gasteiger partial charge in [-0.1, -0.05) is 43.5 Å². The van der Waals surface area contributed by atoms with Crippen LogP contribution in [0.5, 0.6) is 5.75 Å². The number of Topliss-reactive ketones (excluding diaryl/α,β-unsaturated/α-hetero) is 1. The molecule has 11 nitrogen and oxygen atoms in total. The first-order chi connectivity index (χ1) is 22.0. The van der Waals surface area contributed by atoms with Crippen molar-refractivity contribution in [3.05, 3.63) is 55.1 Å². The minimum absolute atomic E-state index is 0.0290. The lowest BCUT2D eigenvalue weighted by molar-refractivity contribution is -0.144. The predicted octanol–water partition coefficient (Wildman–Crippen LogP) is 2.77. The largest absolute Gasteiger partial charge is 0.493 e. The Balaban J connectivity index is 1.64. The molecule has 0 spiro atoms. The maximum absolute atomic E-state index is 14.5. The molecule has 2 fully saturated rings. The van der Waals surface area contributed by atoms with Gasteiger partial charge in [-0.3, -0.25) is 24.0 Å². The van der Waals surface area contributed by atoms with Crippen molar-refractivity contribution in [2.24, 2.45) is 5.92 Å². The Bertz CT molecular complexity index is 1310. The number of benzene rings is 1. The fraction of sp³-hybridized carbons (Fsp3) is 0.571. The van der Waals surface area contributed by atoms with Crippen LogP contribution in [0.3, 0.4) is 0 Å². The maximum Gasteiger partial charge on any atom is 0.289 e.